The van der Waals surface area contributed by atoms with Gasteiger partial charge in [0.25, 0.3) is 10.0 Å². The lowest BCUT2D eigenvalue weighted by atomic mass is 10.2. The summed E-state index contributed by atoms with van der Waals surface area (Å²) in [6.45, 7) is 3.78. The van der Waals surface area contributed by atoms with E-state index in [1.54, 1.807) is 53.9 Å². The van der Waals surface area contributed by atoms with E-state index in [-0.39, 0.29) is 11.0 Å². The van der Waals surface area contributed by atoms with Crippen LogP contribution in [-0.4, -0.2) is 26.7 Å². The Morgan fingerprint density at radius 3 is 2.30 bits per heavy atom. The third-order valence-corrected chi connectivity index (χ3v) is 5.79. The van der Waals surface area contributed by atoms with Crippen molar-refractivity contribution in [2.75, 3.05) is 0 Å². The summed E-state index contributed by atoms with van der Waals surface area (Å²) in [5.41, 5.74) is 0.634. The van der Waals surface area contributed by atoms with Gasteiger partial charge in [0.15, 0.2) is 0 Å². The molecule has 0 radical (unpaired) electrons. The van der Waals surface area contributed by atoms with E-state index in [1.165, 1.54) is 29.7 Å². The topological polar surface area (TPSA) is 94.1 Å². The number of sulfonamides is 1. The lowest BCUT2D eigenvalue weighted by Gasteiger charge is -2.10. The fourth-order valence-electron chi connectivity index (χ4n) is 2.37. The van der Waals surface area contributed by atoms with Gasteiger partial charge in [-0.25, -0.2) is 9.63 Å². The molecule has 1 N–H and O–H groups in total. The Labute approximate surface area is 179 Å². The predicted octanol–water partition coefficient (Wildman–Crippen LogP) is 4.07. The van der Waals surface area contributed by atoms with Crippen LogP contribution in [0.15, 0.2) is 76.0 Å². The molecule has 30 heavy (non-hydrogen) atoms. The van der Waals surface area contributed by atoms with Crippen LogP contribution in [0, 0.1) is 0 Å². The smallest absolute Gasteiger partial charge is 0.353 e. The number of rotatable bonds is 8. The van der Waals surface area contributed by atoms with Crippen molar-refractivity contribution >= 4 is 33.5 Å². The van der Waals surface area contributed by atoms with E-state index >= 15 is 0 Å². The van der Waals surface area contributed by atoms with Gasteiger partial charge < -0.3 is 9.47 Å². The molecule has 1 heterocycles. The molecular formula is C21H20N2O5S2. The number of carbonyl (C=O) groups excluding carboxylic acids is 1. The van der Waals surface area contributed by atoms with E-state index in [0.717, 1.165) is 0 Å². The molecule has 7 nitrogen and oxygen atoms in total. The normalized spacial score (nSPS) is 11.6. The zero-order chi connectivity index (χ0) is 21.6. The molecule has 0 bridgehead atoms. The monoisotopic (exact) mass is 444 g/mol. The van der Waals surface area contributed by atoms with Crippen LogP contribution in [0.5, 0.6) is 11.5 Å². The molecule has 3 rings (SSSR count). The number of hydrazone groups is 1. The third-order valence-electron chi connectivity index (χ3n) is 3.71. The Morgan fingerprint density at radius 2 is 1.70 bits per heavy atom. The minimum Gasteiger partial charge on any atom is -0.491 e. The van der Waals surface area contributed by atoms with Crippen LogP contribution in [0.2, 0.25) is 0 Å². The van der Waals surface area contributed by atoms with E-state index in [4.69, 9.17) is 9.47 Å². The number of hydrogen-bond acceptors (Lipinski definition) is 7. The molecule has 0 atom stereocenters. The van der Waals surface area contributed by atoms with E-state index in [1.807, 2.05) is 13.8 Å². The molecule has 0 spiro atoms. The van der Waals surface area contributed by atoms with Crippen LogP contribution in [0.3, 0.4) is 0 Å². The predicted molar refractivity (Wildman–Crippen MR) is 116 cm³/mol. The summed E-state index contributed by atoms with van der Waals surface area (Å²) < 4.78 is 35.4. The third kappa shape index (κ3) is 5.91. The van der Waals surface area contributed by atoms with Gasteiger partial charge in [-0.2, -0.15) is 13.5 Å². The Kier molecular flexibility index (Phi) is 6.86. The van der Waals surface area contributed by atoms with Crippen LogP contribution in [0.4, 0.5) is 0 Å². The molecule has 0 saturated heterocycles. The average molecular weight is 445 g/mol. The van der Waals surface area contributed by atoms with Gasteiger partial charge in [-0.05, 0) is 79.4 Å². The van der Waals surface area contributed by atoms with Gasteiger partial charge in [0.2, 0.25) is 0 Å². The molecule has 156 valence electrons. The van der Waals surface area contributed by atoms with Crippen LogP contribution in [0.25, 0.3) is 0 Å². The van der Waals surface area contributed by atoms with Crippen molar-refractivity contribution in [3.63, 3.8) is 0 Å². The molecule has 1 aromatic heterocycles. The zero-order valence-electron chi connectivity index (χ0n) is 16.3. The van der Waals surface area contributed by atoms with Crippen LogP contribution in [-0.2, 0) is 10.0 Å². The summed E-state index contributed by atoms with van der Waals surface area (Å²) in [6.07, 6.45) is 1.36. The fraction of sp³-hybridized carbons (Fsp3) is 0.143. The summed E-state index contributed by atoms with van der Waals surface area (Å²) in [4.78, 5) is 14.7. The Morgan fingerprint density at radius 1 is 1.03 bits per heavy atom. The van der Waals surface area contributed by atoms with E-state index in [0.29, 0.717) is 21.9 Å². The Bertz CT molecular complexity index is 1110. The second-order valence-electron chi connectivity index (χ2n) is 6.43. The number of ether oxygens (including phenoxy) is 2. The highest BCUT2D eigenvalue weighted by Gasteiger charge is 2.13. The summed E-state index contributed by atoms with van der Waals surface area (Å²) >= 11 is 1.30. The Hall–Kier alpha value is -3.17. The first-order valence-corrected chi connectivity index (χ1v) is 11.4. The van der Waals surface area contributed by atoms with Gasteiger partial charge in [-0.1, -0.05) is 6.07 Å². The van der Waals surface area contributed by atoms with Crippen molar-refractivity contribution in [1.29, 1.82) is 0 Å². The first kappa shape index (κ1) is 21.5. The van der Waals surface area contributed by atoms with Gasteiger partial charge in [0.05, 0.1) is 17.2 Å². The van der Waals surface area contributed by atoms with Gasteiger partial charge in [0, 0.05) is 0 Å². The molecule has 0 unspecified atom stereocenters. The first-order valence-electron chi connectivity index (χ1n) is 9.01. The van der Waals surface area contributed by atoms with Crippen molar-refractivity contribution in [2.45, 2.75) is 24.8 Å². The molecule has 9 heteroatoms. The number of thiophene rings is 1. The Balaban J connectivity index is 1.58. The summed E-state index contributed by atoms with van der Waals surface area (Å²) in [5.74, 6) is 0.547. The van der Waals surface area contributed by atoms with Crippen LogP contribution in [0.1, 0.15) is 29.1 Å². The lowest BCUT2D eigenvalue weighted by Crippen LogP contribution is -2.18. The zero-order valence-corrected chi connectivity index (χ0v) is 17.9. The number of nitrogens with one attached hydrogen (secondary N) is 1. The molecule has 0 saturated carbocycles. The van der Waals surface area contributed by atoms with Gasteiger partial charge >= 0.3 is 5.97 Å². The second kappa shape index (κ2) is 9.55. The van der Waals surface area contributed by atoms with Crippen molar-refractivity contribution in [3.8, 4) is 11.5 Å². The highest BCUT2D eigenvalue weighted by Crippen LogP contribution is 2.18. The minimum absolute atomic E-state index is 0.000727. The van der Waals surface area contributed by atoms with Crippen molar-refractivity contribution in [2.24, 2.45) is 5.10 Å². The SMILES string of the molecule is CC(C)Oc1ccc(S(=O)(=O)N/N=C/c2ccc(OC(=O)c3cccs3)cc2)cc1. The molecule has 0 aliphatic carbocycles. The molecule has 2 aromatic carbocycles. The van der Waals surface area contributed by atoms with E-state index in [2.05, 4.69) is 9.93 Å². The molecule has 0 aliphatic rings. The van der Waals surface area contributed by atoms with Gasteiger partial charge in [-0.15, -0.1) is 11.3 Å². The highest BCUT2D eigenvalue weighted by molar-refractivity contribution is 7.89. The second-order valence-corrected chi connectivity index (χ2v) is 9.04. The number of carbonyl (C=O) groups is 1. The minimum atomic E-state index is -3.80. The van der Waals surface area contributed by atoms with Crippen molar-refractivity contribution in [1.82, 2.24) is 4.83 Å². The number of esters is 1. The van der Waals surface area contributed by atoms with E-state index in [9.17, 15) is 13.2 Å². The number of benzene rings is 2. The maximum atomic E-state index is 12.3. The average Bonchev–Trinajstić information content (AvgIpc) is 3.24. The largest absolute Gasteiger partial charge is 0.491 e. The van der Waals surface area contributed by atoms with Gasteiger partial charge in [0.1, 0.15) is 16.4 Å². The summed E-state index contributed by atoms with van der Waals surface area (Å²) in [7, 11) is -3.80. The molecule has 0 fully saturated rings. The molecular weight excluding hydrogens is 424 g/mol. The number of hydrogen-bond donors (Lipinski definition) is 1. The summed E-state index contributed by atoms with van der Waals surface area (Å²) in [6, 6.07) is 16.1. The summed E-state index contributed by atoms with van der Waals surface area (Å²) in [5, 5.41) is 5.59. The molecule has 3 aromatic rings. The standard InChI is InChI=1S/C21H20N2O5S2/c1-15(2)27-17-9-11-19(12-10-17)30(25,26)23-22-14-16-5-7-18(8-6-16)28-21(24)20-4-3-13-29-20/h3-15,23H,1-2H3/b22-14+. The molecule has 0 amide bonds. The number of nitrogens with zero attached hydrogens (tertiary/aromatic N) is 1. The maximum Gasteiger partial charge on any atom is 0.353 e. The van der Waals surface area contributed by atoms with Crippen LogP contribution >= 0.6 is 11.3 Å². The van der Waals surface area contributed by atoms with E-state index < -0.39 is 16.0 Å². The quantitative estimate of drug-likeness (QED) is 0.245. The molecule has 0 aliphatic heterocycles. The van der Waals surface area contributed by atoms with Crippen molar-refractivity contribution < 1.29 is 22.7 Å². The maximum absolute atomic E-state index is 12.3. The fourth-order valence-corrected chi connectivity index (χ4v) is 3.76. The lowest BCUT2D eigenvalue weighted by molar-refractivity contribution is 0.0740. The van der Waals surface area contributed by atoms with Gasteiger partial charge in [-0.3, -0.25) is 0 Å². The van der Waals surface area contributed by atoms with Crippen LogP contribution < -0.4 is 14.3 Å². The van der Waals surface area contributed by atoms with Crippen molar-refractivity contribution in [3.05, 3.63) is 76.5 Å². The first-order chi connectivity index (χ1) is 14.3. The highest BCUT2D eigenvalue weighted by atomic mass is 32.2.